The molecule has 0 aliphatic heterocycles. The maximum absolute atomic E-state index is 12.9. The lowest BCUT2D eigenvalue weighted by atomic mass is 10.1. The largest absolute Gasteiger partial charge is 0.460 e. The Bertz CT molecular complexity index is 1590. The number of aliphatic hydroxyl groups is 3. The Kier molecular flexibility index (Phi) is 50.3. The second-order valence-electron chi connectivity index (χ2n) is 17.9. The lowest BCUT2D eigenvalue weighted by Crippen LogP contribution is -2.37. The van der Waals surface area contributed by atoms with E-state index in [2.05, 4.69) is 130 Å². The number of carbonyl (C=O) groups is 3. The Morgan fingerprint density at radius 1 is 0.319 bits per heavy atom. The van der Waals surface area contributed by atoms with E-state index in [0.29, 0.717) is 19.3 Å². The monoisotopic (exact) mass is 999 g/mol. The third-order valence-electron chi connectivity index (χ3n) is 11.1. The van der Waals surface area contributed by atoms with Gasteiger partial charge in [-0.25, -0.2) is 14.4 Å². The van der Waals surface area contributed by atoms with E-state index in [1.165, 1.54) is 57.8 Å². The number of carbonyl (C=O) groups excluding carboxylic acids is 3. The van der Waals surface area contributed by atoms with Crippen LogP contribution in [0.5, 0.6) is 0 Å². The van der Waals surface area contributed by atoms with E-state index < -0.39 is 55.5 Å². The van der Waals surface area contributed by atoms with Crippen LogP contribution in [0.25, 0.3) is 0 Å². The molecule has 3 atom stereocenters. The van der Waals surface area contributed by atoms with Gasteiger partial charge in [0.25, 0.3) is 0 Å². The molecule has 9 nitrogen and oxygen atoms in total. The smallest absolute Gasteiger partial charge is 0.335 e. The van der Waals surface area contributed by atoms with Gasteiger partial charge in [-0.05, 0) is 135 Å². The highest BCUT2D eigenvalue weighted by molar-refractivity contribution is 5.76. The molecule has 0 spiro atoms. The van der Waals surface area contributed by atoms with Crippen molar-refractivity contribution in [3.8, 4) is 0 Å². The van der Waals surface area contributed by atoms with E-state index >= 15 is 0 Å². The Labute approximate surface area is 437 Å². The average molecular weight is 999 g/mol. The fraction of sp³-hybridized carbons (Fsp3) is 0.571. The summed E-state index contributed by atoms with van der Waals surface area (Å²) in [6, 6.07) is 0. The topological polar surface area (TPSA) is 140 Å². The first kappa shape index (κ1) is 67.2. The van der Waals surface area contributed by atoms with Gasteiger partial charge in [-0.15, -0.1) is 0 Å². The highest BCUT2D eigenvalue weighted by Gasteiger charge is 2.26. The van der Waals surface area contributed by atoms with Crippen LogP contribution >= 0.6 is 0 Å². The van der Waals surface area contributed by atoms with E-state index in [0.717, 1.165) is 77.0 Å². The molecule has 0 aromatic heterocycles. The maximum Gasteiger partial charge on any atom is 0.335 e. The second kappa shape index (κ2) is 54.0. The molecule has 0 aliphatic rings. The summed E-state index contributed by atoms with van der Waals surface area (Å²) in [5.41, 5.74) is 0. The van der Waals surface area contributed by atoms with Crippen LogP contribution in [-0.4, -0.2) is 70.9 Å². The third kappa shape index (κ3) is 47.5. The summed E-state index contributed by atoms with van der Waals surface area (Å²) in [6.07, 6.45) is 68.6. The number of hydrogen-bond acceptors (Lipinski definition) is 9. The van der Waals surface area contributed by atoms with Crippen molar-refractivity contribution >= 4 is 17.9 Å². The van der Waals surface area contributed by atoms with Crippen molar-refractivity contribution in [2.24, 2.45) is 0 Å². The van der Waals surface area contributed by atoms with Crippen LogP contribution in [0.1, 0.15) is 194 Å². The molecule has 9 heteroatoms. The highest BCUT2D eigenvalue weighted by Crippen LogP contribution is 2.10. The van der Waals surface area contributed by atoms with E-state index in [-0.39, 0.29) is 19.3 Å². The number of esters is 3. The number of aliphatic hydroxyl groups excluding tert-OH is 3. The molecule has 0 amide bonds. The van der Waals surface area contributed by atoms with Gasteiger partial charge in [0.1, 0.15) is 13.2 Å². The fourth-order valence-corrected chi connectivity index (χ4v) is 6.70. The zero-order valence-corrected chi connectivity index (χ0v) is 45.0. The van der Waals surface area contributed by atoms with Crippen molar-refractivity contribution in [1.82, 2.24) is 0 Å². The molecule has 0 aromatic carbocycles. The summed E-state index contributed by atoms with van der Waals surface area (Å²) in [5.74, 6) is -2.80. The first-order valence-corrected chi connectivity index (χ1v) is 27.6. The fourth-order valence-electron chi connectivity index (χ4n) is 6.70. The molecule has 0 aliphatic carbocycles. The molecule has 0 saturated heterocycles. The summed E-state index contributed by atoms with van der Waals surface area (Å²) in [4.78, 5) is 38.4. The van der Waals surface area contributed by atoms with Crippen LogP contribution in [0.2, 0.25) is 0 Å². The minimum Gasteiger partial charge on any atom is -0.460 e. The van der Waals surface area contributed by atoms with Crippen molar-refractivity contribution in [3.63, 3.8) is 0 Å². The van der Waals surface area contributed by atoms with Gasteiger partial charge in [0, 0.05) is 0 Å². The molecule has 3 N–H and O–H groups in total. The minimum absolute atomic E-state index is 0.0897. The first-order valence-electron chi connectivity index (χ1n) is 27.6. The SMILES string of the molecule is CCCCCC=CCC=CCC=CCC=CCCC(O)C(=O)OCC(COC(=O)C(O)CCC=CCC=CCC=CCC=CCCCCC)OC(=O)C(O)CCC=CCC=CCC=CCC=CCCCCC. The highest BCUT2D eigenvalue weighted by atomic mass is 16.6. The summed E-state index contributed by atoms with van der Waals surface area (Å²) in [7, 11) is 0. The summed E-state index contributed by atoms with van der Waals surface area (Å²) >= 11 is 0. The molecule has 0 heterocycles. The van der Waals surface area contributed by atoms with Crippen molar-refractivity contribution in [3.05, 3.63) is 146 Å². The van der Waals surface area contributed by atoms with Gasteiger partial charge in [-0.3, -0.25) is 0 Å². The molecule has 72 heavy (non-hydrogen) atoms. The Morgan fingerprint density at radius 2 is 0.542 bits per heavy atom. The number of allylic oxidation sites excluding steroid dienone is 24. The van der Waals surface area contributed by atoms with Gasteiger partial charge < -0.3 is 29.5 Å². The summed E-state index contributed by atoms with van der Waals surface area (Å²) in [6.45, 7) is 5.58. The van der Waals surface area contributed by atoms with E-state index in [1.807, 2.05) is 36.5 Å². The molecule has 0 bridgehead atoms. The number of unbranched alkanes of at least 4 members (excludes halogenated alkanes) is 9. The standard InChI is InChI=1S/C63H98O9/c1-4-7-10-13-16-19-22-25-28-31-34-37-40-43-46-49-52-58(64)61(67)70-55-57(72-63(69)60(66)54-51-48-45-42-39-36-33-30-27-24-21-18-15-12-9-6-3)56-71-62(68)59(65)53-50-47-44-41-38-35-32-29-26-23-20-17-14-11-8-5-2/h16-21,25-30,34-39,43-48,57-60,64-66H,4-15,22-24,31-33,40-42,49-56H2,1-3H3. The van der Waals surface area contributed by atoms with Crippen LogP contribution < -0.4 is 0 Å². The first-order chi connectivity index (χ1) is 35.3. The number of ether oxygens (including phenoxy) is 3. The van der Waals surface area contributed by atoms with Crippen LogP contribution in [0.4, 0.5) is 0 Å². The van der Waals surface area contributed by atoms with Crippen molar-refractivity contribution < 1.29 is 43.9 Å². The van der Waals surface area contributed by atoms with Crippen molar-refractivity contribution in [1.29, 1.82) is 0 Å². The Morgan fingerprint density at radius 3 is 0.792 bits per heavy atom. The molecule has 0 radical (unpaired) electrons. The molecular formula is C63H98O9. The molecule has 3 unspecified atom stereocenters. The zero-order valence-electron chi connectivity index (χ0n) is 45.0. The third-order valence-corrected chi connectivity index (χ3v) is 11.1. The van der Waals surface area contributed by atoms with E-state index in [4.69, 9.17) is 14.2 Å². The van der Waals surface area contributed by atoms with Gasteiger partial charge in [0.05, 0.1) is 0 Å². The molecular weight excluding hydrogens is 901 g/mol. The molecule has 0 fully saturated rings. The molecule has 0 aromatic rings. The molecule has 0 saturated carbocycles. The normalized spacial score (nSPS) is 14.6. The average Bonchev–Trinajstić information content (AvgIpc) is 3.38. The predicted octanol–water partition coefficient (Wildman–Crippen LogP) is 15.3. The lowest BCUT2D eigenvalue weighted by molar-refractivity contribution is -0.177. The quantitative estimate of drug-likeness (QED) is 0.0235. The summed E-state index contributed by atoms with van der Waals surface area (Å²) in [5, 5.41) is 31.6. The Balaban J connectivity index is 5.00. The summed E-state index contributed by atoms with van der Waals surface area (Å²) < 4.78 is 16.0. The predicted molar refractivity (Wildman–Crippen MR) is 301 cm³/mol. The molecule has 0 rings (SSSR count). The Hall–Kier alpha value is -4.83. The van der Waals surface area contributed by atoms with E-state index in [9.17, 15) is 29.7 Å². The van der Waals surface area contributed by atoms with Gasteiger partial charge in [0.2, 0.25) is 0 Å². The van der Waals surface area contributed by atoms with Crippen molar-refractivity contribution in [2.75, 3.05) is 13.2 Å². The van der Waals surface area contributed by atoms with Crippen LogP contribution in [-0.2, 0) is 28.6 Å². The van der Waals surface area contributed by atoms with Crippen LogP contribution in [0, 0.1) is 0 Å². The van der Waals surface area contributed by atoms with E-state index in [1.54, 1.807) is 0 Å². The number of rotatable bonds is 47. The lowest BCUT2D eigenvalue weighted by Gasteiger charge is -2.21. The van der Waals surface area contributed by atoms with Gasteiger partial charge in [-0.1, -0.05) is 205 Å². The van der Waals surface area contributed by atoms with Crippen molar-refractivity contribution in [2.45, 2.75) is 219 Å². The maximum atomic E-state index is 12.9. The molecule has 404 valence electrons. The van der Waals surface area contributed by atoms with Gasteiger partial charge >= 0.3 is 17.9 Å². The van der Waals surface area contributed by atoms with Gasteiger partial charge in [-0.2, -0.15) is 0 Å². The zero-order chi connectivity index (χ0) is 52.6. The van der Waals surface area contributed by atoms with Gasteiger partial charge in [0.15, 0.2) is 24.4 Å². The second-order valence-corrected chi connectivity index (χ2v) is 17.9. The van der Waals surface area contributed by atoms with Crippen LogP contribution in [0.15, 0.2) is 146 Å². The van der Waals surface area contributed by atoms with Crippen LogP contribution in [0.3, 0.4) is 0 Å². The minimum atomic E-state index is -1.48. The number of hydrogen-bond donors (Lipinski definition) is 3.